The smallest absolute Gasteiger partial charge is 0.391 e. The Labute approximate surface area is 121 Å². The maximum absolute atomic E-state index is 12.8. The molecule has 114 valence electrons. The lowest BCUT2D eigenvalue weighted by Crippen LogP contribution is -2.29. The Kier molecular flexibility index (Phi) is 4.55. The number of oxime groups is 1. The first-order valence-corrected chi connectivity index (χ1v) is 6.73. The number of hydrogen-bond donors (Lipinski definition) is 1. The van der Waals surface area contributed by atoms with Gasteiger partial charge >= 0.3 is 6.18 Å². The van der Waals surface area contributed by atoms with Crippen LogP contribution in [-0.4, -0.2) is 18.4 Å². The van der Waals surface area contributed by atoms with Crippen molar-refractivity contribution in [2.45, 2.75) is 32.0 Å². The second-order valence-corrected chi connectivity index (χ2v) is 4.83. The second kappa shape index (κ2) is 6.20. The van der Waals surface area contributed by atoms with Gasteiger partial charge in [0, 0.05) is 23.7 Å². The third kappa shape index (κ3) is 3.56. The molecular formula is C15H17F3N2O. The van der Waals surface area contributed by atoms with Crippen LogP contribution in [0.15, 0.2) is 36.0 Å². The minimum atomic E-state index is -4.37. The number of nitrogens with one attached hydrogen (secondary N) is 1. The van der Waals surface area contributed by atoms with Gasteiger partial charge in [0.1, 0.15) is 6.61 Å². The van der Waals surface area contributed by atoms with Crippen LogP contribution < -0.4 is 5.32 Å². The maximum atomic E-state index is 12.8. The Morgan fingerprint density at radius 1 is 1.48 bits per heavy atom. The molecule has 0 unspecified atom stereocenters. The van der Waals surface area contributed by atoms with E-state index in [4.69, 9.17) is 4.84 Å². The van der Waals surface area contributed by atoms with Gasteiger partial charge in [0.05, 0.1) is 11.3 Å². The SMILES string of the molecule is C=CCON=C1C[C@@H](CC)Nc2ccc(C(F)(F)F)cc21. The van der Waals surface area contributed by atoms with E-state index in [0.29, 0.717) is 23.4 Å². The minimum Gasteiger partial charge on any atom is -0.391 e. The van der Waals surface area contributed by atoms with Crippen LogP contribution in [0.2, 0.25) is 0 Å². The highest BCUT2D eigenvalue weighted by molar-refractivity contribution is 6.07. The summed E-state index contributed by atoms with van der Waals surface area (Å²) in [6.45, 7) is 5.74. The molecule has 0 aliphatic carbocycles. The predicted octanol–water partition coefficient (Wildman–Crippen LogP) is 4.21. The predicted molar refractivity (Wildman–Crippen MR) is 76.4 cm³/mol. The van der Waals surface area contributed by atoms with Crippen LogP contribution in [0, 0.1) is 0 Å². The van der Waals surface area contributed by atoms with Crippen LogP contribution >= 0.6 is 0 Å². The molecule has 1 atom stereocenters. The third-order valence-electron chi connectivity index (χ3n) is 3.32. The quantitative estimate of drug-likeness (QED) is 0.513. The summed E-state index contributed by atoms with van der Waals surface area (Å²) in [4.78, 5) is 5.06. The number of benzene rings is 1. The third-order valence-corrected chi connectivity index (χ3v) is 3.32. The van der Waals surface area contributed by atoms with Crippen LogP contribution in [0.5, 0.6) is 0 Å². The monoisotopic (exact) mass is 298 g/mol. The van der Waals surface area contributed by atoms with Crippen molar-refractivity contribution in [2.24, 2.45) is 5.16 Å². The van der Waals surface area contributed by atoms with Crippen molar-refractivity contribution in [3.05, 3.63) is 42.0 Å². The summed E-state index contributed by atoms with van der Waals surface area (Å²) in [5, 5.41) is 7.20. The Morgan fingerprint density at radius 3 is 2.86 bits per heavy atom. The van der Waals surface area contributed by atoms with Crippen molar-refractivity contribution in [3.63, 3.8) is 0 Å². The summed E-state index contributed by atoms with van der Waals surface area (Å²) in [7, 11) is 0. The summed E-state index contributed by atoms with van der Waals surface area (Å²) in [6, 6.07) is 3.78. The number of fused-ring (bicyclic) bond motifs is 1. The fourth-order valence-corrected chi connectivity index (χ4v) is 2.20. The molecule has 1 aromatic rings. The van der Waals surface area contributed by atoms with Crippen LogP contribution in [0.1, 0.15) is 30.9 Å². The lowest BCUT2D eigenvalue weighted by molar-refractivity contribution is -0.137. The fourth-order valence-electron chi connectivity index (χ4n) is 2.20. The van der Waals surface area contributed by atoms with Gasteiger partial charge in [-0.05, 0) is 24.6 Å². The van der Waals surface area contributed by atoms with Crippen molar-refractivity contribution >= 4 is 11.4 Å². The number of rotatable bonds is 4. The number of anilines is 1. The first kappa shape index (κ1) is 15.4. The molecular weight excluding hydrogens is 281 g/mol. The molecule has 1 heterocycles. The van der Waals surface area contributed by atoms with E-state index in [-0.39, 0.29) is 12.6 Å². The number of nitrogens with zero attached hydrogens (tertiary/aromatic N) is 1. The average molecular weight is 298 g/mol. The normalized spacial score (nSPS) is 19.8. The van der Waals surface area contributed by atoms with E-state index in [9.17, 15) is 13.2 Å². The molecule has 0 aromatic heterocycles. The summed E-state index contributed by atoms with van der Waals surface area (Å²) in [6.07, 6.45) is -1.46. The Bertz CT molecular complexity index is 552. The molecule has 0 saturated heterocycles. The molecule has 1 aliphatic rings. The standard InChI is InChI=1S/C15H17F3N2O/c1-3-7-21-20-14-9-11(4-2)19-13-6-5-10(8-12(13)14)15(16,17)18/h3,5-6,8,11,19H,1,4,7,9H2,2H3/t11-/m1/s1. The van der Waals surface area contributed by atoms with Gasteiger partial charge in [0.25, 0.3) is 0 Å². The van der Waals surface area contributed by atoms with E-state index in [0.717, 1.165) is 18.6 Å². The number of halogens is 3. The molecule has 3 nitrogen and oxygen atoms in total. The van der Waals surface area contributed by atoms with Gasteiger partial charge in [-0.2, -0.15) is 13.2 Å². The van der Waals surface area contributed by atoms with E-state index in [1.165, 1.54) is 12.1 Å². The van der Waals surface area contributed by atoms with Crippen LogP contribution in [0.4, 0.5) is 18.9 Å². The van der Waals surface area contributed by atoms with E-state index >= 15 is 0 Å². The highest BCUT2D eigenvalue weighted by Gasteiger charge is 2.33. The van der Waals surface area contributed by atoms with Gasteiger partial charge < -0.3 is 10.2 Å². The minimum absolute atomic E-state index is 0.139. The number of hydrogen-bond acceptors (Lipinski definition) is 3. The number of alkyl halides is 3. The Morgan fingerprint density at radius 2 is 2.24 bits per heavy atom. The molecule has 1 aliphatic heterocycles. The van der Waals surface area contributed by atoms with Crippen molar-refractivity contribution in [3.8, 4) is 0 Å². The lowest BCUT2D eigenvalue weighted by atomic mass is 9.93. The van der Waals surface area contributed by atoms with Gasteiger partial charge in [-0.3, -0.25) is 0 Å². The zero-order chi connectivity index (χ0) is 15.5. The van der Waals surface area contributed by atoms with Gasteiger partial charge in [0.2, 0.25) is 0 Å². The van der Waals surface area contributed by atoms with Gasteiger partial charge in [-0.15, -0.1) is 0 Å². The van der Waals surface area contributed by atoms with Gasteiger partial charge in [-0.25, -0.2) is 0 Å². The molecule has 1 aromatic carbocycles. The Balaban J connectivity index is 2.40. The van der Waals surface area contributed by atoms with Crippen LogP contribution in [0.25, 0.3) is 0 Å². The summed E-state index contributed by atoms with van der Waals surface area (Å²) >= 11 is 0. The average Bonchev–Trinajstić information content (AvgIpc) is 2.45. The largest absolute Gasteiger partial charge is 0.416 e. The first-order chi connectivity index (χ1) is 9.95. The molecule has 0 saturated carbocycles. The first-order valence-electron chi connectivity index (χ1n) is 6.73. The maximum Gasteiger partial charge on any atom is 0.416 e. The summed E-state index contributed by atoms with van der Waals surface area (Å²) in [5.74, 6) is 0. The van der Waals surface area contributed by atoms with Crippen molar-refractivity contribution in [1.82, 2.24) is 0 Å². The Hall–Kier alpha value is -1.98. The van der Waals surface area contributed by atoms with E-state index in [1.54, 1.807) is 0 Å². The lowest BCUT2D eigenvalue weighted by Gasteiger charge is -2.27. The van der Waals surface area contributed by atoms with Crippen LogP contribution in [-0.2, 0) is 11.0 Å². The van der Waals surface area contributed by atoms with Crippen molar-refractivity contribution < 1.29 is 18.0 Å². The van der Waals surface area contributed by atoms with Crippen molar-refractivity contribution in [2.75, 3.05) is 11.9 Å². The zero-order valence-electron chi connectivity index (χ0n) is 11.7. The molecule has 0 radical (unpaired) electrons. The van der Waals surface area contributed by atoms with E-state index in [2.05, 4.69) is 17.1 Å². The molecule has 1 N–H and O–H groups in total. The van der Waals surface area contributed by atoms with E-state index in [1.807, 2.05) is 6.92 Å². The molecule has 2 rings (SSSR count). The highest BCUT2D eigenvalue weighted by atomic mass is 19.4. The van der Waals surface area contributed by atoms with Crippen molar-refractivity contribution in [1.29, 1.82) is 0 Å². The van der Waals surface area contributed by atoms with Gasteiger partial charge in [-0.1, -0.05) is 24.7 Å². The van der Waals surface area contributed by atoms with E-state index < -0.39 is 11.7 Å². The fraction of sp³-hybridized carbons (Fsp3) is 0.400. The second-order valence-electron chi connectivity index (χ2n) is 4.83. The molecule has 0 fully saturated rings. The topological polar surface area (TPSA) is 33.6 Å². The van der Waals surface area contributed by atoms with Crippen LogP contribution in [0.3, 0.4) is 0 Å². The molecule has 0 spiro atoms. The molecule has 21 heavy (non-hydrogen) atoms. The summed E-state index contributed by atoms with van der Waals surface area (Å²) < 4.78 is 38.5. The molecule has 0 amide bonds. The zero-order valence-corrected chi connectivity index (χ0v) is 11.7. The highest BCUT2D eigenvalue weighted by Crippen LogP contribution is 2.34. The summed E-state index contributed by atoms with van der Waals surface area (Å²) in [5.41, 5.74) is 0.943. The van der Waals surface area contributed by atoms with Gasteiger partial charge in [0.15, 0.2) is 0 Å². The molecule has 6 heteroatoms. The molecule has 0 bridgehead atoms.